The van der Waals surface area contributed by atoms with Gasteiger partial charge in [-0.2, -0.15) is 0 Å². The molecule has 3 rings (SSSR count). The molecule has 0 aliphatic heterocycles. The Balaban J connectivity index is 2.02. The van der Waals surface area contributed by atoms with Crippen LogP contribution in [-0.2, 0) is 4.79 Å². The second kappa shape index (κ2) is 8.65. The van der Waals surface area contributed by atoms with Crippen molar-refractivity contribution in [1.29, 1.82) is 0 Å². The third-order valence-electron chi connectivity index (χ3n) is 4.62. The second-order valence-electron chi connectivity index (χ2n) is 7.39. The van der Waals surface area contributed by atoms with E-state index in [2.05, 4.69) is 56.9 Å². The first-order valence-electron chi connectivity index (χ1n) is 9.41. The molecule has 0 spiro atoms. The second-order valence-corrected chi connectivity index (χ2v) is 8.32. The Labute approximate surface area is 170 Å². The Morgan fingerprint density at radius 3 is 1.89 bits per heavy atom. The monoisotopic (exact) mass is 395 g/mol. The minimum Gasteiger partial charge on any atom is -0.481 e. The molecule has 3 aromatic rings. The minimum absolute atomic E-state index is 0.0853. The van der Waals surface area contributed by atoms with Crippen LogP contribution >= 0.6 is 11.8 Å². The van der Waals surface area contributed by atoms with Crippen molar-refractivity contribution in [3.05, 3.63) is 59.7 Å². The van der Waals surface area contributed by atoms with Gasteiger partial charge in [0.1, 0.15) is 11.4 Å². The number of hydrogen-bond acceptors (Lipinski definition) is 4. The molecule has 0 bridgehead atoms. The average molecular weight is 396 g/mol. The van der Waals surface area contributed by atoms with E-state index in [-0.39, 0.29) is 5.75 Å². The highest BCUT2D eigenvalue weighted by Crippen LogP contribution is 2.36. The van der Waals surface area contributed by atoms with E-state index in [0.29, 0.717) is 22.8 Å². The number of oxazole rings is 1. The van der Waals surface area contributed by atoms with Crippen LogP contribution in [0, 0.1) is 0 Å². The minimum atomic E-state index is -0.895. The SMILES string of the molecule is CC(C)c1ccc(-c2nc(SCC(=O)O)oc2-c2ccc(C(C)C)cc2)cc1. The number of carboxylic acid groups (broad SMARTS) is 1. The third kappa shape index (κ3) is 4.65. The first kappa shape index (κ1) is 20.2. The van der Waals surface area contributed by atoms with Gasteiger partial charge in [-0.25, -0.2) is 4.98 Å². The van der Waals surface area contributed by atoms with Crippen LogP contribution in [0.3, 0.4) is 0 Å². The maximum absolute atomic E-state index is 10.9. The van der Waals surface area contributed by atoms with Crippen LogP contribution in [0.4, 0.5) is 0 Å². The molecule has 1 aromatic heterocycles. The van der Waals surface area contributed by atoms with Crippen LogP contribution in [0.25, 0.3) is 22.6 Å². The summed E-state index contributed by atoms with van der Waals surface area (Å²) >= 11 is 1.09. The van der Waals surface area contributed by atoms with Crippen molar-refractivity contribution in [2.24, 2.45) is 0 Å². The van der Waals surface area contributed by atoms with Gasteiger partial charge in [0.05, 0.1) is 0 Å². The van der Waals surface area contributed by atoms with Gasteiger partial charge >= 0.3 is 5.97 Å². The van der Waals surface area contributed by atoms with Crippen molar-refractivity contribution in [3.63, 3.8) is 0 Å². The van der Waals surface area contributed by atoms with E-state index < -0.39 is 5.97 Å². The summed E-state index contributed by atoms with van der Waals surface area (Å²) in [5.41, 5.74) is 5.14. The average Bonchev–Trinajstić information content (AvgIpc) is 3.11. The molecule has 0 saturated carbocycles. The number of aliphatic carboxylic acids is 1. The topological polar surface area (TPSA) is 63.3 Å². The van der Waals surface area contributed by atoms with E-state index in [4.69, 9.17) is 9.52 Å². The highest BCUT2D eigenvalue weighted by molar-refractivity contribution is 7.99. The lowest BCUT2D eigenvalue weighted by molar-refractivity contribution is -0.133. The molecule has 0 aliphatic carbocycles. The van der Waals surface area contributed by atoms with Gasteiger partial charge in [-0.3, -0.25) is 4.79 Å². The Morgan fingerprint density at radius 2 is 1.43 bits per heavy atom. The maximum Gasteiger partial charge on any atom is 0.314 e. The van der Waals surface area contributed by atoms with Gasteiger partial charge in [0, 0.05) is 11.1 Å². The molecule has 5 heteroatoms. The molecule has 0 aliphatic rings. The van der Waals surface area contributed by atoms with Gasteiger partial charge in [-0.15, -0.1) is 0 Å². The van der Waals surface area contributed by atoms with E-state index in [1.54, 1.807) is 0 Å². The fourth-order valence-corrected chi connectivity index (χ4v) is 3.47. The summed E-state index contributed by atoms with van der Waals surface area (Å²) in [5, 5.41) is 9.33. The smallest absolute Gasteiger partial charge is 0.314 e. The van der Waals surface area contributed by atoms with E-state index >= 15 is 0 Å². The summed E-state index contributed by atoms with van der Waals surface area (Å²) < 4.78 is 5.97. The number of nitrogens with zero attached hydrogens (tertiary/aromatic N) is 1. The molecule has 1 N–H and O–H groups in total. The molecule has 0 atom stereocenters. The van der Waals surface area contributed by atoms with Crippen LogP contribution < -0.4 is 0 Å². The fourth-order valence-electron chi connectivity index (χ4n) is 2.92. The van der Waals surface area contributed by atoms with Crippen LogP contribution in [0.15, 0.2) is 58.2 Å². The van der Waals surface area contributed by atoms with E-state index in [1.807, 2.05) is 24.3 Å². The Morgan fingerprint density at radius 1 is 0.929 bits per heavy atom. The summed E-state index contributed by atoms with van der Waals surface area (Å²) in [6.07, 6.45) is 0. The van der Waals surface area contributed by atoms with Gasteiger partial charge in [-0.05, 0) is 23.0 Å². The predicted octanol–water partition coefficient (Wildman–Crippen LogP) is 6.43. The quantitative estimate of drug-likeness (QED) is 0.467. The van der Waals surface area contributed by atoms with Gasteiger partial charge < -0.3 is 9.52 Å². The number of aromatic nitrogens is 1. The lowest BCUT2D eigenvalue weighted by Gasteiger charge is -2.08. The molecule has 0 fully saturated rings. The summed E-state index contributed by atoms with van der Waals surface area (Å²) in [7, 11) is 0. The summed E-state index contributed by atoms with van der Waals surface area (Å²) in [5.74, 6) is 0.594. The first-order chi connectivity index (χ1) is 13.3. The van der Waals surface area contributed by atoms with Crippen molar-refractivity contribution in [3.8, 4) is 22.6 Å². The molecule has 2 aromatic carbocycles. The lowest BCUT2D eigenvalue weighted by atomic mass is 9.98. The van der Waals surface area contributed by atoms with Gasteiger partial charge in [-0.1, -0.05) is 88.0 Å². The van der Waals surface area contributed by atoms with Gasteiger partial charge in [0.15, 0.2) is 5.76 Å². The van der Waals surface area contributed by atoms with Crippen LogP contribution in [0.5, 0.6) is 0 Å². The van der Waals surface area contributed by atoms with E-state index in [1.165, 1.54) is 11.1 Å². The Bertz CT molecular complexity index is 872. The van der Waals surface area contributed by atoms with E-state index in [0.717, 1.165) is 28.6 Å². The number of hydrogen-bond donors (Lipinski definition) is 1. The van der Waals surface area contributed by atoms with Crippen LogP contribution in [0.2, 0.25) is 0 Å². The molecule has 0 radical (unpaired) electrons. The summed E-state index contributed by atoms with van der Waals surface area (Å²) in [6, 6.07) is 16.6. The largest absolute Gasteiger partial charge is 0.481 e. The number of rotatable bonds is 7. The van der Waals surface area contributed by atoms with Crippen molar-refractivity contribution < 1.29 is 14.3 Å². The highest BCUT2D eigenvalue weighted by Gasteiger charge is 2.18. The van der Waals surface area contributed by atoms with Crippen LogP contribution in [0.1, 0.15) is 50.7 Å². The normalized spacial score (nSPS) is 11.4. The molecule has 0 saturated heterocycles. The molecule has 0 amide bonds. The lowest BCUT2D eigenvalue weighted by Crippen LogP contribution is -1.97. The maximum atomic E-state index is 10.9. The molecule has 28 heavy (non-hydrogen) atoms. The molecule has 1 heterocycles. The Hall–Kier alpha value is -2.53. The summed E-state index contributed by atoms with van der Waals surface area (Å²) in [4.78, 5) is 15.5. The first-order valence-corrected chi connectivity index (χ1v) is 10.4. The zero-order chi connectivity index (χ0) is 20.3. The molecule has 4 nitrogen and oxygen atoms in total. The van der Waals surface area contributed by atoms with Gasteiger partial charge in [0.25, 0.3) is 5.22 Å². The number of benzene rings is 2. The van der Waals surface area contributed by atoms with E-state index in [9.17, 15) is 4.79 Å². The molecular formula is C23H25NO3S. The third-order valence-corrected chi connectivity index (χ3v) is 5.43. The zero-order valence-corrected chi connectivity index (χ0v) is 17.4. The predicted molar refractivity (Wildman–Crippen MR) is 114 cm³/mol. The van der Waals surface area contributed by atoms with Crippen molar-refractivity contribution in [2.75, 3.05) is 5.75 Å². The van der Waals surface area contributed by atoms with Crippen molar-refractivity contribution >= 4 is 17.7 Å². The Kier molecular flexibility index (Phi) is 6.25. The van der Waals surface area contributed by atoms with Gasteiger partial charge in [0.2, 0.25) is 0 Å². The molecule has 146 valence electrons. The highest BCUT2D eigenvalue weighted by atomic mass is 32.2. The summed E-state index contributed by atoms with van der Waals surface area (Å²) in [6.45, 7) is 8.64. The zero-order valence-electron chi connectivity index (χ0n) is 16.6. The number of carboxylic acids is 1. The number of carbonyl (C=O) groups is 1. The fraction of sp³-hybridized carbons (Fsp3) is 0.304. The van der Waals surface area contributed by atoms with Crippen molar-refractivity contribution in [1.82, 2.24) is 4.98 Å². The molecule has 0 unspecified atom stereocenters. The standard InChI is InChI=1S/C23H25NO3S/c1-14(2)16-5-9-18(10-6-16)21-22(27-23(24-21)28-13-20(25)26)19-11-7-17(8-12-19)15(3)4/h5-12,14-15H,13H2,1-4H3,(H,25,26). The number of thioether (sulfide) groups is 1. The molecular weight excluding hydrogens is 370 g/mol. The van der Waals surface area contributed by atoms with Crippen molar-refractivity contribution in [2.45, 2.75) is 44.8 Å². The van der Waals surface area contributed by atoms with Crippen LogP contribution in [-0.4, -0.2) is 21.8 Å².